The zero-order chi connectivity index (χ0) is 13.8. The van der Waals surface area contributed by atoms with Gasteiger partial charge in [-0.05, 0) is 11.6 Å². The van der Waals surface area contributed by atoms with Crippen molar-refractivity contribution in [3.8, 4) is 0 Å². The van der Waals surface area contributed by atoms with Crippen molar-refractivity contribution in [2.75, 3.05) is 0 Å². The van der Waals surface area contributed by atoms with Crippen molar-refractivity contribution in [2.24, 2.45) is 11.5 Å². The summed E-state index contributed by atoms with van der Waals surface area (Å²) < 4.78 is 0. The van der Waals surface area contributed by atoms with E-state index in [0.29, 0.717) is 0 Å². The number of primary amides is 1. The van der Waals surface area contributed by atoms with Crippen LogP contribution >= 0.6 is 0 Å². The third-order valence-corrected chi connectivity index (χ3v) is 2.62. The number of aromatic amines is 1. The average molecular weight is 263 g/mol. The fourth-order valence-corrected chi connectivity index (χ4v) is 1.76. The summed E-state index contributed by atoms with van der Waals surface area (Å²) in [4.78, 5) is 32.9. The van der Waals surface area contributed by atoms with Crippen molar-refractivity contribution in [1.29, 1.82) is 0 Å². The first kappa shape index (κ1) is 12.9. The van der Waals surface area contributed by atoms with Crippen molar-refractivity contribution >= 4 is 23.0 Å². The number of amides is 1. The molecule has 0 fully saturated rings. The third kappa shape index (κ3) is 3.02. The van der Waals surface area contributed by atoms with Crippen LogP contribution in [0.1, 0.15) is 5.56 Å². The summed E-state index contributed by atoms with van der Waals surface area (Å²) >= 11 is 0. The minimum absolute atomic E-state index is 0.255. The molecule has 0 aliphatic heterocycles. The number of aromatic nitrogens is 1. The van der Waals surface area contributed by atoms with Crippen LogP contribution < -0.4 is 11.5 Å². The summed E-state index contributed by atoms with van der Waals surface area (Å²) in [6.45, 7) is 0. The Kier molecular flexibility index (Phi) is 3.67. The van der Waals surface area contributed by atoms with E-state index in [2.05, 4.69) is 20.5 Å². The van der Waals surface area contributed by atoms with Gasteiger partial charge in [0.05, 0.1) is 0 Å². The molecule has 7 nitrogen and oxygen atoms in total. The SMILES string of the molecule is NC(=O)OOC(=O)C(N)Cc1c[nH]c2ccccc12. The Morgan fingerprint density at radius 1 is 1.26 bits per heavy atom. The Bertz CT molecular complexity index is 608. The Hall–Kier alpha value is -2.54. The van der Waals surface area contributed by atoms with Crippen LogP contribution in [0.25, 0.3) is 10.9 Å². The zero-order valence-corrected chi connectivity index (χ0v) is 9.96. The van der Waals surface area contributed by atoms with E-state index in [1.54, 1.807) is 6.20 Å². The number of hydrogen-bond donors (Lipinski definition) is 3. The predicted octanol–water partition coefficient (Wildman–Crippen LogP) is 0.591. The highest BCUT2D eigenvalue weighted by molar-refractivity contribution is 5.84. The molecule has 1 heterocycles. The molecule has 0 aliphatic rings. The highest BCUT2D eigenvalue weighted by Crippen LogP contribution is 2.18. The lowest BCUT2D eigenvalue weighted by atomic mass is 10.1. The van der Waals surface area contributed by atoms with Crippen LogP contribution in [0.3, 0.4) is 0 Å². The number of H-pyrrole nitrogens is 1. The van der Waals surface area contributed by atoms with Crippen molar-refractivity contribution in [2.45, 2.75) is 12.5 Å². The van der Waals surface area contributed by atoms with E-state index in [1.807, 2.05) is 24.3 Å². The van der Waals surface area contributed by atoms with Crippen LogP contribution in [0.15, 0.2) is 30.5 Å². The second-order valence-electron chi connectivity index (χ2n) is 3.97. The lowest BCUT2D eigenvalue weighted by molar-refractivity contribution is -0.232. The molecule has 0 bridgehead atoms. The maximum atomic E-state index is 11.4. The van der Waals surface area contributed by atoms with Gasteiger partial charge in [0.1, 0.15) is 6.04 Å². The largest absolute Gasteiger partial charge is 0.447 e. The van der Waals surface area contributed by atoms with Crippen LogP contribution in [0.4, 0.5) is 4.79 Å². The first-order chi connectivity index (χ1) is 9.08. The molecule has 0 aliphatic carbocycles. The minimum Gasteiger partial charge on any atom is -0.361 e. The molecule has 2 rings (SSSR count). The summed E-state index contributed by atoms with van der Waals surface area (Å²) in [6.07, 6.45) is 0.824. The molecule has 7 heteroatoms. The van der Waals surface area contributed by atoms with Crippen molar-refractivity contribution in [3.63, 3.8) is 0 Å². The zero-order valence-electron chi connectivity index (χ0n) is 9.96. The van der Waals surface area contributed by atoms with Crippen molar-refractivity contribution in [3.05, 3.63) is 36.0 Å². The molecule has 0 spiro atoms. The van der Waals surface area contributed by atoms with Crippen LogP contribution in [0.5, 0.6) is 0 Å². The molecule has 19 heavy (non-hydrogen) atoms. The molecular weight excluding hydrogens is 250 g/mol. The second-order valence-corrected chi connectivity index (χ2v) is 3.97. The molecule has 1 aromatic carbocycles. The van der Waals surface area contributed by atoms with Crippen LogP contribution in [-0.4, -0.2) is 23.1 Å². The molecule has 0 saturated heterocycles. The van der Waals surface area contributed by atoms with Gasteiger partial charge in [0.15, 0.2) is 0 Å². The number of hydrogen-bond acceptors (Lipinski definition) is 5. The van der Waals surface area contributed by atoms with Gasteiger partial charge in [0.2, 0.25) is 0 Å². The third-order valence-electron chi connectivity index (χ3n) is 2.62. The van der Waals surface area contributed by atoms with Crippen LogP contribution in [0, 0.1) is 0 Å². The van der Waals surface area contributed by atoms with Gasteiger partial charge in [0.25, 0.3) is 0 Å². The van der Waals surface area contributed by atoms with E-state index in [9.17, 15) is 9.59 Å². The van der Waals surface area contributed by atoms with Gasteiger partial charge in [-0.3, -0.25) is 0 Å². The number of benzene rings is 1. The molecule has 100 valence electrons. The Morgan fingerprint density at radius 2 is 2.00 bits per heavy atom. The highest BCUT2D eigenvalue weighted by atomic mass is 17.2. The summed E-state index contributed by atoms with van der Waals surface area (Å²) in [7, 11) is 0. The van der Waals surface area contributed by atoms with Crippen LogP contribution in [0.2, 0.25) is 0 Å². The first-order valence-electron chi connectivity index (χ1n) is 5.56. The number of para-hydroxylation sites is 1. The topological polar surface area (TPSA) is 120 Å². The number of fused-ring (bicyclic) bond motifs is 1. The normalized spacial score (nSPS) is 12.1. The van der Waals surface area contributed by atoms with Gasteiger partial charge in [-0.25, -0.2) is 19.4 Å². The van der Waals surface area contributed by atoms with Gasteiger partial charge in [0, 0.05) is 23.5 Å². The summed E-state index contributed by atoms with van der Waals surface area (Å²) in [5, 5.41) is 0.974. The summed E-state index contributed by atoms with van der Waals surface area (Å²) in [5.74, 6) is -0.857. The number of rotatable bonds is 3. The number of carbonyl (C=O) groups excluding carboxylic acids is 2. The first-order valence-corrected chi connectivity index (χ1v) is 5.56. The molecule has 5 N–H and O–H groups in total. The smallest absolute Gasteiger partial charge is 0.361 e. The van der Waals surface area contributed by atoms with Crippen LogP contribution in [-0.2, 0) is 21.0 Å². The summed E-state index contributed by atoms with van der Waals surface area (Å²) in [5.41, 5.74) is 12.2. The summed E-state index contributed by atoms with van der Waals surface area (Å²) in [6, 6.07) is 6.67. The minimum atomic E-state index is -1.20. The van der Waals surface area contributed by atoms with E-state index in [0.717, 1.165) is 16.5 Å². The van der Waals surface area contributed by atoms with Gasteiger partial charge in [-0.2, -0.15) is 0 Å². The lowest BCUT2D eigenvalue weighted by Crippen LogP contribution is -2.35. The molecule has 1 amide bonds. The maximum absolute atomic E-state index is 11.4. The molecule has 2 aromatic rings. The molecular formula is C12H13N3O4. The molecule has 0 radical (unpaired) electrons. The predicted molar refractivity (Wildman–Crippen MR) is 66.7 cm³/mol. The van der Waals surface area contributed by atoms with Gasteiger partial charge < -0.3 is 16.5 Å². The maximum Gasteiger partial charge on any atom is 0.447 e. The van der Waals surface area contributed by atoms with E-state index in [-0.39, 0.29) is 6.42 Å². The quantitative estimate of drug-likeness (QED) is 0.553. The van der Waals surface area contributed by atoms with E-state index >= 15 is 0 Å². The lowest BCUT2D eigenvalue weighted by Gasteiger charge is -2.08. The number of nitrogens with two attached hydrogens (primary N) is 2. The van der Waals surface area contributed by atoms with Crippen molar-refractivity contribution in [1.82, 2.24) is 4.98 Å². The molecule has 0 saturated carbocycles. The standard InChI is InChI=1S/C12H13N3O4/c13-9(11(16)18-19-12(14)17)5-7-6-15-10-4-2-1-3-8(7)10/h1-4,6,9,15H,5,13H2,(H2,14,17). The Morgan fingerprint density at radius 3 is 2.74 bits per heavy atom. The number of carbonyl (C=O) groups is 2. The second kappa shape index (κ2) is 5.40. The van der Waals surface area contributed by atoms with Crippen molar-refractivity contribution < 1.29 is 19.4 Å². The molecule has 1 atom stereocenters. The van der Waals surface area contributed by atoms with Gasteiger partial charge in [-0.1, -0.05) is 18.2 Å². The molecule has 1 aromatic heterocycles. The van der Waals surface area contributed by atoms with E-state index < -0.39 is 18.1 Å². The Balaban J connectivity index is 2.04. The van der Waals surface area contributed by atoms with E-state index in [1.165, 1.54) is 0 Å². The van der Waals surface area contributed by atoms with Gasteiger partial charge in [-0.15, -0.1) is 0 Å². The average Bonchev–Trinajstić information content (AvgIpc) is 2.79. The Labute approximate surface area is 108 Å². The van der Waals surface area contributed by atoms with E-state index in [4.69, 9.17) is 5.73 Å². The monoisotopic (exact) mass is 263 g/mol. The van der Waals surface area contributed by atoms with Gasteiger partial charge >= 0.3 is 12.1 Å². The highest BCUT2D eigenvalue weighted by Gasteiger charge is 2.19. The fourth-order valence-electron chi connectivity index (χ4n) is 1.76. The fraction of sp³-hybridized carbons (Fsp3) is 0.167. The number of nitrogens with one attached hydrogen (secondary N) is 1. The molecule has 1 unspecified atom stereocenters.